The maximum atomic E-state index is 13.5. The zero-order chi connectivity index (χ0) is 18.0. The van der Waals surface area contributed by atoms with Crippen LogP contribution in [0.15, 0.2) is 28.7 Å². The van der Waals surface area contributed by atoms with Crippen LogP contribution in [0.4, 0.5) is 4.39 Å². The highest BCUT2D eigenvalue weighted by molar-refractivity contribution is 6.30. The van der Waals surface area contributed by atoms with Crippen molar-refractivity contribution in [3.05, 3.63) is 57.8 Å². The lowest BCUT2D eigenvalue weighted by atomic mass is 10.2. The summed E-state index contributed by atoms with van der Waals surface area (Å²) in [5, 5.41) is 0.410. The molecule has 0 spiro atoms. The van der Waals surface area contributed by atoms with Crippen molar-refractivity contribution in [2.75, 3.05) is 26.2 Å². The first kappa shape index (κ1) is 18.0. The lowest BCUT2D eigenvalue weighted by molar-refractivity contribution is 0.0759. The van der Waals surface area contributed by atoms with Crippen molar-refractivity contribution in [3.8, 4) is 0 Å². The first-order valence-electron chi connectivity index (χ1n) is 8.46. The van der Waals surface area contributed by atoms with Crippen LogP contribution in [0, 0.1) is 19.7 Å². The highest BCUT2D eigenvalue weighted by Gasteiger charge is 2.23. The number of benzene rings is 1. The van der Waals surface area contributed by atoms with Gasteiger partial charge in [-0.15, -0.1) is 0 Å². The third-order valence-corrected chi connectivity index (χ3v) is 4.69. The second-order valence-electron chi connectivity index (χ2n) is 6.53. The van der Waals surface area contributed by atoms with Gasteiger partial charge in [0.15, 0.2) is 0 Å². The van der Waals surface area contributed by atoms with Gasteiger partial charge < -0.3 is 9.32 Å². The molecule has 1 aromatic heterocycles. The van der Waals surface area contributed by atoms with Crippen LogP contribution in [0.2, 0.25) is 5.02 Å². The summed E-state index contributed by atoms with van der Waals surface area (Å²) >= 11 is 5.93. The van der Waals surface area contributed by atoms with Crippen LogP contribution in [-0.2, 0) is 6.54 Å². The Morgan fingerprint density at radius 3 is 2.64 bits per heavy atom. The Morgan fingerprint density at radius 1 is 1.16 bits per heavy atom. The number of carbonyl (C=O) groups is 1. The second-order valence-corrected chi connectivity index (χ2v) is 6.96. The van der Waals surface area contributed by atoms with Crippen LogP contribution in [0.1, 0.15) is 33.9 Å². The average molecular weight is 365 g/mol. The molecule has 134 valence electrons. The predicted molar refractivity (Wildman–Crippen MR) is 95.4 cm³/mol. The summed E-state index contributed by atoms with van der Waals surface area (Å²) in [5.41, 5.74) is 1.49. The SMILES string of the molecule is Cc1cc(C(=O)N2CCCN(Cc3cc(F)cc(Cl)c3)CC2)c(C)o1. The molecule has 6 heteroatoms. The summed E-state index contributed by atoms with van der Waals surface area (Å²) in [6.45, 7) is 7.25. The predicted octanol–water partition coefficient (Wildman–Crippen LogP) is 4.04. The van der Waals surface area contributed by atoms with E-state index in [4.69, 9.17) is 16.0 Å². The molecule has 1 aliphatic rings. The second kappa shape index (κ2) is 7.58. The maximum Gasteiger partial charge on any atom is 0.257 e. The van der Waals surface area contributed by atoms with E-state index in [1.165, 1.54) is 12.1 Å². The Hall–Kier alpha value is -1.85. The topological polar surface area (TPSA) is 36.7 Å². The van der Waals surface area contributed by atoms with Gasteiger partial charge in [0.2, 0.25) is 0 Å². The Kier molecular flexibility index (Phi) is 5.45. The first-order chi connectivity index (χ1) is 11.9. The number of hydrogen-bond acceptors (Lipinski definition) is 3. The van der Waals surface area contributed by atoms with Gasteiger partial charge in [0.05, 0.1) is 5.56 Å². The molecule has 3 rings (SSSR count). The Labute approximate surface area is 152 Å². The minimum atomic E-state index is -0.320. The number of aryl methyl sites for hydroxylation is 2. The van der Waals surface area contributed by atoms with Gasteiger partial charge in [-0.25, -0.2) is 4.39 Å². The molecule has 0 N–H and O–H groups in total. The number of rotatable bonds is 3. The zero-order valence-corrected chi connectivity index (χ0v) is 15.3. The molecule has 2 aromatic rings. The van der Waals surface area contributed by atoms with E-state index >= 15 is 0 Å². The largest absolute Gasteiger partial charge is 0.466 e. The summed E-state index contributed by atoms with van der Waals surface area (Å²) in [4.78, 5) is 16.8. The Balaban J connectivity index is 1.64. The highest BCUT2D eigenvalue weighted by Crippen LogP contribution is 2.19. The molecule has 0 saturated carbocycles. The highest BCUT2D eigenvalue weighted by atomic mass is 35.5. The van der Waals surface area contributed by atoms with E-state index < -0.39 is 0 Å². The van der Waals surface area contributed by atoms with Crippen molar-refractivity contribution in [1.29, 1.82) is 0 Å². The van der Waals surface area contributed by atoms with Gasteiger partial charge in [0.1, 0.15) is 17.3 Å². The van der Waals surface area contributed by atoms with Crippen LogP contribution >= 0.6 is 11.6 Å². The third kappa shape index (κ3) is 4.41. The number of nitrogens with zero attached hydrogens (tertiary/aromatic N) is 2. The maximum absolute atomic E-state index is 13.5. The summed E-state index contributed by atoms with van der Waals surface area (Å²) in [6, 6.07) is 6.41. The summed E-state index contributed by atoms with van der Waals surface area (Å²) in [7, 11) is 0. The number of hydrogen-bond donors (Lipinski definition) is 0. The lowest BCUT2D eigenvalue weighted by Crippen LogP contribution is -2.35. The monoisotopic (exact) mass is 364 g/mol. The molecule has 1 fully saturated rings. The fourth-order valence-electron chi connectivity index (χ4n) is 3.31. The van der Waals surface area contributed by atoms with E-state index in [1.807, 2.05) is 18.7 Å². The van der Waals surface area contributed by atoms with Crippen molar-refractivity contribution in [2.24, 2.45) is 0 Å². The smallest absolute Gasteiger partial charge is 0.257 e. The van der Waals surface area contributed by atoms with Gasteiger partial charge in [-0.2, -0.15) is 0 Å². The van der Waals surface area contributed by atoms with E-state index in [1.54, 1.807) is 12.1 Å². The molecule has 0 atom stereocenters. The summed E-state index contributed by atoms with van der Waals surface area (Å²) in [5.74, 6) is 1.11. The molecular weight excluding hydrogens is 343 g/mol. The average Bonchev–Trinajstić information content (AvgIpc) is 2.73. The van der Waals surface area contributed by atoms with E-state index in [0.717, 1.165) is 30.8 Å². The summed E-state index contributed by atoms with van der Waals surface area (Å²) in [6.07, 6.45) is 0.880. The van der Waals surface area contributed by atoms with E-state index in [9.17, 15) is 9.18 Å². The molecule has 0 radical (unpaired) electrons. The molecule has 25 heavy (non-hydrogen) atoms. The fourth-order valence-corrected chi connectivity index (χ4v) is 3.55. The molecule has 2 heterocycles. The molecule has 1 saturated heterocycles. The Bertz CT molecular complexity index is 755. The van der Waals surface area contributed by atoms with Crippen LogP contribution in [0.25, 0.3) is 0 Å². The van der Waals surface area contributed by atoms with Crippen LogP contribution in [0.5, 0.6) is 0 Å². The molecule has 1 aliphatic heterocycles. The zero-order valence-electron chi connectivity index (χ0n) is 14.5. The van der Waals surface area contributed by atoms with Crippen molar-refractivity contribution in [1.82, 2.24) is 9.80 Å². The molecule has 0 bridgehead atoms. The molecule has 4 nitrogen and oxygen atoms in total. The first-order valence-corrected chi connectivity index (χ1v) is 8.84. The quantitative estimate of drug-likeness (QED) is 0.824. The van der Waals surface area contributed by atoms with Gasteiger partial charge in [-0.05, 0) is 50.1 Å². The van der Waals surface area contributed by atoms with Gasteiger partial charge in [-0.3, -0.25) is 9.69 Å². The lowest BCUT2D eigenvalue weighted by Gasteiger charge is -2.22. The number of halogens is 2. The van der Waals surface area contributed by atoms with Crippen molar-refractivity contribution in [2.45, 2.75) is 26.8 Å². The fraction of sp³-hybridized carbons (Fsp3) is 0.421. The van der Waals surface area contributed by atoms with E-state index in [-0.39, 0.29) is 11.7 Å². The van der Waals surface area contributed by atoms with Crippen LogP contribution in [-0.4, -0.2) is 41.9 Å². The van der Waals surface area contributed by atoms with Gasteiger partial charge in [-0.1, -0.05) is 11.6 Å². The number of furan rings is 1. The van der Waals surface area contributed by atoms with Gasteiger partial charge in [0.25, 0.3) is 5.91 Å². The summed E-state index contributed by atoms with van der Waals surface area (Å²) < 4.78 is 19.0. The van der Waals surface area contributed by atoms with Crippen molar-refractivity contribution >= 4 is 17.5 Å². The molecule has 0 unspecified atom stereocenters. The van der Waals surface area contributed by atoms with Gasteiger partial charge >= 0.3 is 0 Å². The minimum absolute atomic E-state index is 0.0185. The van der Waals surface area contributed by atoms with E-state index in [2.05, 4.69) is 4.90 Å². The van der Waals surface area contributed by atoms with Gasteiger partial charge in [0, 0.05) is 37.7 Å². The van der Waals surface area contributed by atoms with E-state index in [0.29, 0.717) is 36.0 Å². The normalized spacial score (nSPS) is 16.1. The molecule has 1 amide bonds. The van der Waals surface area contributed by atoms with Crippen molar-refractivity contribution < 1.29 is 13.6 Å². The standard InChI is InChI=1S/C19H22ClFN2O2/c1-13-8-18(14(2)25-13)19(24)23-5-3-4-22(6-7-23)12-15-9-16(20)11-17(21)10-15/h8-11H,3-7,12H2,1-2H3. The molecular formula is C19H22ClFN2O2. The molecule has 1 aromatic carbocycles. The van der Waals surface area contributed by atoms with Crippen LogP contribution in [0.3, 0.4) is 0 Å². The van der Waals surface area contributed by atoms with Crippen molar-refractivity contribution in [3.63, 3.8) is 0 Å². The Morgan fingerprint density at radius 2 is 1.96 bits per heavy atom. The molecule has 0 aliphatic carbocycles. The number of carbonyl (C=O) groups excluding carboxylic acids is 1. The third-order valence-electron chi connectivity index (χ3n) is 4.48. The minimum Gasteiger partial charge on any atom is -0.466 e. The number of amides is 1. The van der Waals surface area contributed by atoms with Crippen LogP contribution < -0.4 is 0 Å².